The van der Waals surface area contributed by atoms with Crippen LogP contribution in [0.1, 0.15) is 22.8 Å². The molecule has 0 aliphatic heterocycles. The second-order valence-corrected chi connectivity index (χ2v) is 6.09. The Morgan fingerprint density at radius 3 is 2.31 bits per heavy atom. The van der Waals surface area contributed by atoms with Gasteiger partial charge in [0.2, 0.25) is 0 Å². The van der Waals surface area contributed by atoms with E-state index in [1.807, 2.05) is 19.1 Å². The van der Waals surface area contributed by atoms with E-state index in [2.05, 4.69) is 15.9 Å². The van der Waals surface area contributed by atoms with E-state index >= 15 is 0 Å². The molecule has 0 saturated heterocycles. The molecule has 2 aromatic carbocycles. The fraction of sp³-hybridized carbons (Fsp3) is 0.250. The Labute approximate surface area is 161 Å². The maximum Gasteiger partial charge on any atom is 0.185 e. The van der Waals surface area contributed by atoms with E-state index in [9.17, 15) is 4.79 Å². The lowest BCUT2D eigenvalue weighted by atomic mass is 10.1. The third-order valence-electron chi connectivity index (χ3n) is 3.64. The highest BCUT2D eigenvalue weighted by molar-refractivity contribution is 9.10. The van der Waals surface area contributed by atoms with Gasteiger partial charge in [0.1, 0.15) is 0 Å². The predicted molar refractivity (Wildman–Crippen MR) is 105 cm³/mol. The largest absolute Gasteiger partial charge is 0.493 e. The van der Waals surface area contributed by atoms with Gasteiger partial charge in [-0.3, -0.25) is 4.79 Å². The Hall–Kier alpha value is -2.47. The zero-order valence-corrected chi connectivity index (χ0v) is 16.8. The Morgan fingerprint density at radius 2 is 1.69 bits per heavy atom. The molecular formula is C20H21BrO5. The van der Waals surface area contributed by atoms with Gasteiger partial charge in [0.25, 0.3) is 0 Å². The summed E-state index contributed by atoms with van der Waals surface area (Å²) in [7, 11) is 4.66. The molecule has 0 aliphatic carbocycles. The van der Waals surface area contributed by atoms with Gasteiger partial charge in [-0.25, -0.2) is 0 Å². The number of carbonyl (C=O) groups excluding carboxylic acids is 1. The summed E-state index contributed by atoms with van der Waals surface area (Å²) in [6.07, 6.45) is 3.23. The summed E-state index contributed by atoms with van der Waals surface area (Å²) >= 11 is 3.47. The van der Waals surface area contributed by atoms with Crippen molar-refractivity contribution in [3.63, 3.8) is 0 Å². The van der Waals surface area contributed by atoms with Crippen LogP contribution in [-0.4, -0.2) is 33.7 Å². The summed E-state index contributed by atoms with van der Waals surface area (Å²) in [6, 6.07) is 8.74. The number of carbonyl (C=O) groups is 1. The molecule has 2 rings (SSSR count). The van der Waals surface area contributed by atoms with E-state index < -0.39 is 0 Å². The Morgan fingerprint density at radius 1 is 1.00 bits per heavy atom. The smallest absolute Gasteiger partial charge is 0.185 e. The van der Waals surface area contributed by atoms with Gasteiger partial charge < -0.3 is 18.9 Å². The third-order valence-corrected chi connectivity index (χ3v) is 4.22. The molecule has 0 spiro atoms. The number of methoxy groups -OCH3 is 3. The highest BCUT2D eigenvalue weighted by atomic mass is 79.9. The van der Waals surface area contributed by atoms with Crippen LogP contribution in [0.4, 0.5) is 0 Å². The van der Waals surface area contributed by atoms with Gasteiger partial charge in [-0.1, -0.05) is 6.08 Å². The van der Waals surface area contributed by atoms with Crippen LogP contribution in [0.5, 0.6) is 23.0 Å². The first kappa shape index (κ1) is 19.8. The molecule has 2 aromatic rings. The van der Waals surface area contributed by atoms with Gasteiger partial charge in [-0.15, -0.1) is 0 Å². The summed E-state index contributed by atoms with van der Waals surface area (Å²) in [4.78, 5) is 12.4. The van der Waals surface area contributed by atoms with Crippen LogP contribution in [0, 0.1) is 0 Å². The summed E-state index contributed by atoms with van der Waals surface area (Å²) < 4.78 is 22.1. The highest BCUT2D eigenvalue weighted by Crippen LogP contribution is 2.37. The molecule has 0 heterocycles. The van der Waals surface area contributed by atoms with Crippen molar-refractivity contribution in [2.24, 2.45) is 0 Å². The Kier molecular flexibility index (Phi) is 7.09. The molecule has 0 unspecified atom stereocenters. The van der Waals surface area contributed by atoms with E-state index in [1.165, 1.54) is 13.2 Å². The zero-order valence-electron chi connectivity index (χ0n) is 15.2. The molecule has 0 radical (unpaired) electrons. The molecule has 6 heteroatoms. The van der Waals surface area contributed by atoms with Gasteiger partial charge in [-0.2, -0.15) is 0 Å². The quantitative estimate of drug-likeness (QED) is 0.454. The first-order valence-electron chi connectivity index (χ1n) is 7.98. The number of hydrogen-bond acceptors (Lipinski definition) is 5. The maximum absolute atomic E-state index is 12.4. The van der Waals surface area contributed by atoms with Gasteiger partial charge >= 0.3 is 0 Å². The molecular weight excluding hydrogens is 400 g/mol. The third kappa shape index (κ3) is 4.58. The standard InChI is InChI=1S/C20H21BrO5/c1-5-26-20-15(21)10-13(11-19(20)25-4)6-8-16(22)14-7-9-17(23-2)18(12-14)24-3/h6-12H,5H2,1-4H3/b8-6+. The van der Waals surface area contributed by atoms with Crippen molar-refractivity contribution >= 4 is 27.8 Å². The molecule has 0 aliphatic rings. The van der Waals surface area contributed by atoms with Gasteiger partial charge in [0, 0.05) is 5.56 Å². The second-order valence-electron chi connectivity index (χ2n) is 5.23. The second kappa shape index (κ2) is 9.29. The van der Waals surface area contributed by atoms with Gasteiger partial charge in [0.05, 0.1) is 32.4 Å². The lowest BCUT2D eigenvalue weighted by Gasteiger charge is -2.12. The fourth-order valence-electron chi connectivity index (χ4n) is 2.38. The van der Waals surface area contributed by atoms with Crippen LogP contribution in [0.3, 0.4) is 0 Å². The number of rotatable bonds is 8. The van der Waals surface area contributed by atoms with Crippen LogP contribution in [-0.2, 0) is 0 Å². The van der Waals surface area contributed by atoms with Crippen molar-refractivity contribution in [1.82, 2.24) is 0 Å². The minimum atomic E-state index is -0.144. The molecule has 0 fully saturated rings. The van der Waals surface area contributed by atoms with Crippen molar-refractivity contribution < 1.29 is 23.7 Å². The molecule has 0 saturated carbocycles. The molecule has 0 amide bonds. The molecule has 5 nitrogen and oxygen atoms in total. The highest BCUT2D eigenvalue weighted by Gasteiger charge is 2.11. The Balaban J connectivity index is 2.26. The first-order valence-corrected chi connectivity index (χ1v) is 8.78. The lowest BCUT2D eigenvalue weighted by Crippen LogP contribution is -1.98. The normalized spacial score (nSPS) is 10.7. The molecule has 0 N–H and O–H groups in total. The van der Waals surface area contributed by atoms with Crippen LogP contribution >= 0.6 is 15.9 Å². The Bertz CT molecular complexity index is 814. The van der Waals surface area contributed by atoms with Crippen LogP contribution < -0.4 is 18.9 Å². The number of ketones is 1. The average Bonchev–Trinajstić information content (AvgIpc) is 2.67. The van der Waals surface area contributed by atoms with Gasteiger partial charge in [-0.05, 0) is 64.8 Å². The predicted octanol–water partition coefficient (Wildman–Crippen LogP) is 4.77. The van der Waals surface area contributed by atoms with Crippen LogP contribution in [0.2, 0.25) is 0 Å². The van der Waals surface area contributed by atoms with E-state index in [4.69, 9.17) is 18.9 Å². The van der Waals surface area contributed by atoms with Crippen molar-refractivity contribution in [2.45, 2.75) is 6.92 Å². The summed E-state index contributed by atoms with van der Waals surface area (Å²) in [5, 5.41) is 0. The first-order chi connectivity index (χ1) is 12.5. The molecule has 0 atom stereocenters. The number of hydrogen-bond donors (Lipinski definition) is 0. The topological polar surface area (TPSA) is 54.0 Å². The maximum atomic E-state index is 12.4. The van der Waals surface area contributed by atoms with E-state index in [0.29, 0.717) is 35.2 Å². The molecule has 0 bridgehead atoms. The van der Waals surface area contributed by atoms with E-state index in [1.54, 1.807) is 38.5 Å². The minimum Gasteiger partial charge on any atom is -0.493 e. The number of ether oxygens (including phenoxy) is 4. The number of allylic oxidation sites excluding steroid dienone is 1. The van der Waals surface area contributed by atoms with Crippen LogP contribution in [0.25, 0.3) is 6.08 Å². The summed E-state index contributed by atoms with van der Waals surface area (Å²) in [5.41, 5.74) is 1.32. The monoisotopic (exact) mass is 420 g/mol. The fourth-order valence-corrected chi connectivity index (χ4v) is 2.95. The number of benzene rings is 2. The lowest BCUT2D eigenvalue weighted by molar-refractivity contribution is 0.104. The summed E-state index contributed by atoms with van der Waals surface area (Å²) in [5.74, 6) is 2.18. The zero-order chi connectivity index (χ0) is 19.1. The SMILES string of the molecule is CCOc1c(Br)cc(/C=C/C(=O)c2ccc(OC)c(OC)c2)cc1OC. The minimum absolute atomic E-state index is 0.144. The molecule has 0 aromatic heterocycles. The van der Waals surface area contributed by atoms with E-state index in [-0.39, 0.29) is 5.78 Å². The summed E-state index contributed by atoms with van der Waals surface area (Å²) in [6.45, 7) is 2.43. The van der Waals surface area contributed by atoms with Crippen molar-refractivity contribution in [3.05, 3.63) is 52.0 Å². The average molecular weight is 421 g/mol. The van der Waals surface area contributed by atoms with Crippen molar-refractivity contribution in [2.75, 3.05) is 27.9 Å². The number of halogens is 1. The van der Waals surface area contributed by atoms with Crippen LogP contribution in [0.15, 0.2) is 40.9 Å². The van der Waals surface area contributed by atoms with Crippen molar-refractivity contribution in [1.29, 1.82) is 0 Å². The van der Waals surface area contributed by atoms with Crippen molar-refractivity contribution in [3.8, 4) is 23.0 Å². The van der Waals surface area contributed by atoms with E-state index in [0.717, 1.165) is 10.0 Å². The molecule has 138 valence electrons. The molecule has 26 heavy (non-hydrogen) atoms. The van der Waals surface area contributed by atoms with Gasteiger partial charge in [0.15, 0.2) is 28.8 Å².